The van der Waals surface area contributed by atoms with Crippen LogP contribution >= 0.6 is 23.2 Å². The molecule has 0 unspecified atom stereocenters. The van der Waals surface area contributed by atoms with E-state index in [1.54, 1.807) is 6.07 Å². The average Bonchev–Trinajstić information content (AvgIpc) is 2.86. The fourth-order valence-electron chi connectivity index (χ4n) is 1.86. The number of hydrogen-bond acceptors (Lipinski definition) is 3. The number of fused-ring (bicyclic) bond motifs is 1. The molecule has 0 aliphatic carbocycles. The molecule has 0 bridgehead atoms. The first kappa shape index (κ1) is 12.3. The zero-order chi connectivity index (χ0) is 13.2. The van der Waals surface area contributed by atoms with Gasteiger partial charge in [-0.2, -0.15) is 0 Å². The molecule has 0 fully saturated rings. The van der Waals surface area contributed by atoms with E-state index in [2.05, 4.69) is 20.3 Å². The van der Waals surface area contributed by atoms with E-state index < -0.39 is 0 Å². The molecule has 6 heteroatoms. The SMILES string of the molecule is Clc1ccc(CNc2ncnc3[nH]ccc23)c(Cl)c1. The van der Waals surface area contributed by atoms with Crippen LogP contribution in [-0.4, -0.2) is 15.0 Å². The Bertz CT molecular complexity index is 723. The molecule has 2 heterocycles. The number of halogens is 2. The minimum Gasteiger partial charge on any atom is -0.365 e. The topological polar surface area (TPSA) is 53.6 Å². The van der Waals surface area contributed by atoms with Gasteiger partial charge in [0, 0.05) is 22.8 Å². The van der Waals surface area contributed by atoms with Gasteiger partial charge in [0.15, 0.2) is 0 Å². The van der Waals surface area contributed by atoms with Crippen LogP contribution < -0.4 is 5.32 Å². The van der Waals surface area contributed by atoms with E-state index in [1.807, 2.05) is 24.4 Å². The smallest absolute Gasteiger partial charge is 0.142 e. The Morgan fingerprint density at radius 3 is 2.89 bits per heavy atom. The van der Waals surface area contributed by atoms with Crippen LogP contribution in [0.5, 0.6) is 0 Å². The molecule has 2 aromatic heterocycles. The second-order valence-electron chi connectivity index (χ2n) is 4.05. The van der Waals surface area contributed by atoms with E-state index in [4.69, 9.17) is 23.2 Å². The predicted octanol–water partition coefficient (Wildman–Crippen LogP) is 3.88. The van der Waals surface area contributed by atoms with Crippen molar-refractivity contribution < 1.29 is 0 Å². The van der Waals surface area contributed by atoms with Crippen LogP contribution in [0, 0.1) is 0 Å². The largest absolute Gasteiger partial charge is 0.365 e. The van der Waals surface area contributed by atoms with Gasteiger partial charge in [-0.25, -0.2) is 9.97 Å². The maximum Gasteiger partial charge on any atom is 0.142 e. The third-order valence-corrected chi connectivity index (χ3v) is 3.40. The fraction of sp³-hybridized carbons (Fsp3) is 0.0769. The van der Waals surface area contributed by atoms with E-state index in [0.29, 0.717) is 16.6 Å². The molecular formula is C13H10Cl2N4. The number of aromatic amines is 1. The van der Waals surface area contributed by atoms with Gasteiger partial charge in [0.25, 0.3) is 0 Å². The summed E-state index contributed by atoms with van der Waals surface area (Å²) < 4.78 is 0. The molecule has 0 saturated carbocycles. The fourth-order valence-corrected chi connectivity index (χ4v) is 2.33. The summed E-state index contributed by atoms with van der Waals surface area (Å²) in [5.41, 5.74) is 1.77. The minimum absolute atomic E-state index is 0.577. The number of nitrogens with one attached hydrogen (secondary N) is 2. The van der Waals surface area contributed by atoms with Gasteiger partial charge < -0.3 is 10.3 Å². The normalized spacial score (nSPS) is 10.8. The predicted molar refractivity (Wildman–Crippen MR) is 77.7 cm³/mol. The highest BCUT2D eigenvalue weighted by Crippen LogP contribution is 2.23. The second kappa shape index (κ2) is 5.07. The second-order valence-corrected chi connectivity index (χ2v) is 4.90. The summed E-state index contributed by atoms with van der Waals surface area (Å²) in [7, 11) is 0. The number of aromatic nitrogens is 3. The van der Waals surface area contributed by atoms with Gasteiger partial charge in [-0.3, -0.25) is 0 Å². The Hall–Kier alpha value is -1.78. The van der Waals surface area contributed by atoms with Crippen molar-refractivity contribution in [3.63, 3.8) is 0 Å². The highest BCUT2D eigenvalue weighted by molar-refractivity contribution is 6.35. The van der Waals surface area contributed by atoms with Gasteiger partial charge in [0.2, 0.25) is 0 Å². The summed E-state index contributed by atoms with van der Waals surface area (Å²) >= 11 is 12.0. The number of anilines is 1. The highest BCUT2D eigenvalue weighted by atomic mass is 35.5. The molecule has 0 spiro atoms. The van der Waals surface area contributed by atoms with E-state index in [0.717, 1.165) is 22.4 Å². The summed E-state index contributed by atoms with van der Waals surface area (Å²) in [6, 6.07) is 7.37. The molecule has 4 nitrogen and oxygen atoms in total. The number of H-pyrrole nitrogens is 1. The summed E-state index contributed by atoms with van der Waals surface area (Å²) in [5, 5.41) is 5.47. The van der Waals surface area contributed by atoms with Crippen molar-refractivity contribution in [2.75, 3.05) is 5.32 Å². The molecule has 0 aliphatic heterocycles. The number of hydrogen-bond donors (Lipinski definition) is 2. The minimum atomic E-state index is 0.577. The monoisotopic (exact) mass is 292 g/mol. The van der Waals surface area contributed by atoms with Crippen molar-refractivity contribution >= 4 is 40.1 Å². The summed E-state index contributed by atoms with van der Waals surface area (Å²) in [5.74, 6) is 0.775. The third kappa shape index (κ3) is 2.50. The van der Waals surface area contributed by atoms with Crippen molar-refractivity contribution in [3.8, 4) is 0 Å². The van der Waals surface area contributed by atoms with Gasteiger partial charge in [-0.05, 0) is 23.8 Å². The zero-order valence-corrected chi connectivity index (χ0v) is 11.3. The molecule has 3 rings (SSSR count). The van der Waals surface area contributed by atoms with Crippen molar-refractivity contribution in [1.82, 2.24) is 15.0 Å². The van der Waals surface area contributed by atoms with Crippen LogP contribution in [0.1, 0.15) is 5.56 Å². The Balaban J connectivity index is 1.84. The number of nitrogens with zero attached hydrogens (tertiary/aromatic N) is 2. The lowest BCUT2D eigenvalue weighted by Gasteiger charge is -2.08. The Kier molecular flexibility index (Phi) is 3.27. The lowest BCUT2D eigenvalue weighted by molar-refractivity contribution is 1.10. The lowest BCUT2D eigenvalue weighted by atomic mass is 10.2. The quantitative estimate of drug-likeness (QED) is 0.770. The number of benzene rings is 1. The first-order valence-electron chi connectivity index (χ1n) is 5.70. The first-order valence-corrected chi connectivity index (χ1v) is 6.45. The van der Waals surface area contributed by atoms with E-state index in [-0.39, 0.29) is 0 Å². The van der Waals surface area contributed by atoms with Gasteiger partial charge in [-0.15, -0.1) is 0 Å². The standard InChI is InChI=1S/C13H10Cl2N4/c14-9-2-1-8(11(15)5-9)6-17-13-10-3-4-16-12(10)18-7-19-13/h1-5,7H,6H2,(H2,16,17,18,19). The Morgan fingerprint density at radius 1 is 1.16 bits per heavy atom. The van der Waals surface area contributed by atoms with Crippen LogP contribution in [0.3, 0.4) is 0 Å². The van der Waals surface area contributed by atoms with E-state index in [1.165, 1.54) is 6.33 Å². The van der Waals surface area contributed by atoms with E-state index in [9.17, 15) is 0 Å². The van der Waals surface area contributed by atoms with Crippen LogP contribution in [0.4, 0.5) is 5.82 Å². The summed E-state index contributed by atoms with van der Waals surface area (Å²) in [4.78, 5) is 11.4. The lowest BCUT2D eigenvalue weighted by Crippen LogP contribution is -2.02. The van der Waals surface area contributed by atoms with Crippen LogP contribution in [0.2, 0.25) is 10.0 Å². The van der Waals surface area contributed by atoms with Crippen LogP contribution in [0.25, 0.3) is 11.0 Å². The van der Waals surface area contributed by atoms with Gasteiger partial charge in [0.05, 0.1) is 5.39 Å². The molecule has 96 valence electrons. The van der Waals surface area contributed by atoms with Gasteiger partial charge in [-0.1, -0.05) is 29.3 Å². The molecule has 1 aromatic carbocycles. The molecule has 0 atom stereocenters. The van der Waals surface area contributed by atoms with Crippen molar-refractivity contribution in [1.29, 1.82) is 0 Å². The molecule has 19 heavy (non-hydrogen) atoms. The zero-order valence-electron chi connectivity index (χ0n) is 9.82. The average molecular weight is 293 g/mol. The van der Waals surface area contributed by atoms with Crippen molar-refractivity contribution in [2.45, 2.75) is 6.54 Å². The maximum absolute atomic E-state index is 6.13. The molecule has 0 saturated heterocycles. The number of rotatable bonds is 3. The third-order valence-electron chi connectivity index (χ3n) is 2.82. The van der Waals surface area contributed by atoms with Gasteiger partial charge in [0.1, 0.15) is 17.8 Å². The molecule has 0 radical (unpaired) electrons. The molecule has 3 aromatic rings. The molecular weight excluding hydrogens is 283 g/mol. The van der Waals surface area contributed by atoms with Crippen LogP contribution in [0.15, 0.2) is 36.8 Å². The van der Waals surface area contributed by atoms with Crippen LogP contribution in [-0.2, 0) is 6.54 Å². The van der Waals surface area contributed by atoms with E-state index >= 15 is 0 Å². The summed E-state index contributed by atoms with van der Waals surface area (Å²) in [6.45, 7) is 0.577. The van der Waals surface area contributed by atoms with Crippen molar-refractivity contribution in [3.05, 3.63) is 52.4 Å². The van der Waals surface area contributed by atoms with Crippen molar-refractivity contribution in [2.24, 2.45) is 0 Å². The first-order chi connectivity index (χ1) is 9.24. The molecule has 0 amide bonds. The van der Waals surface area contributed by atoms with Gasteiger partial charge >= 0.3 is 0 Å². The Morgan fingerprint density at radius 2 is 2.05 bits per heavy atom. The maximum atomic E-state index is 6.13. The highest BCUT2D eigenvalue weighted by Gasteiger charge is 2.05. The molecule has 2 N–H and O–H groups in total. The summed E-state index contributed by atoms with van der Waals surface area (Å²) in [6.07, 6.45) is 3.35. The molecule has 0 aliphatic rings. The Labute approximate surface area is 119 Å².